The van der Waals surface area contributed by atoms with Crippen LogP contribution in [0.1, 0.15) is 12.5 Å². The van der Waals surface area contributed by atoms with Crippen LogP contribution in [0.15, 0.2) is 24.3 Å². The topological polar surface area (TPSA) is 55.1 Å². The number of carbonyl (C=O) groups excluding carboxylic acids is 1. The minimum atomic E-state index is 0.0227. The van der Waals surface area contributed by atoms with E-state index in [9.17, 15) is 4.79 Å². The third-order valence-electron chi connectivity index (χ3n) is 1.95. The van der Waals surface area contributed by atoms with Crippen molar-refractivity contribution in [1.29, 1.82) is 0 Å². The number of aryl methyl sites for hydroxylation is 1. The molecule has 0 heterocycles. The van der Waals surface area contributed by atoms with Gasteiger partial charge in [-0.1, -0.05) is 17.7 Å². The molecular weight excluding hydrogens is 220 g/mol. The standard InChI is InChI=1S/C12H18N2OS/c1-9-3-5-11(6-4-9)14-12(15)8-16-7-10(2)13/h3-6,10H,7-8,13H2,1-2H3,(H,14,15). The number of anilines is 1. The molecule has 0 bridgehead atoms. The molecular formula is C12H18N2OS. The van der Waals surface area contributed by atoms with Gasteiger partial charge in [0, 0.05) is 17.5 Å². The second-order valence-corrected chi connectivity index (χ2v) is 4.94. The smallest absolute Gasteiger partial charge is 0.234 e. The molecule has 0 aliphatic rings. The molecule has 1 rings (SSSR count). The van der Waals surface area contributed by atoms with Crippen molar-refractivity contribution in [3.05, 3.63) is 29.8 Å². The first-order chi connectivity index (χ1) is 7.58. The Morgan fingerprint density at radius 1 is 1.44 bits per heavy atom. The van der Waals surface area contributed by atoms with Gasteiger partial charge >= 0.3 is 0 Å². The van der Waals surface area contributed by atoms with E-state index < -0.39 is 0 Å². The third-order valence-corrected chi connectivity index (χ3v) is 3.18. The summed E-state index contributed by atoms with van der Waals surface area (Å²) in [4.78, 5) is 11.5. The Morgan fingerprint density at radius 2 is 2.06 bits per heavy atom. The zero-order valence-electron chi connectivity index (χ0n) is 9.69. The van der Waals surface area contributed by atoms with Gasteiger partial charge in [-0.2, -0.15) is 11.8 Å². The van der Waals surface area contributed by atoms with Crippen molar-refractivity contribution in [2.75, 3.05) is 16.8 Å². The molecule has 1 atom stereocenters. The average molecular weight is 238 g/mol. The van der Waals surface area contributed by atoms with E-state index in [1.165, 1.54) is 5.56 Å². The number of amides is 1. The van der Waals surface area contributed by atoms with Crippen LogP contribution in [-0.4, -0.2) is 23.5 Å². The average Bonchev–Trinajstić information content (AvgIpc) is 2.21. The van der Waals surface area contributed by atoms with Crippen LogP contribution in [0.25, 0.3) is 0 Å². The molecule has 0 aliphatic heterocycles. The predicted molar refractivity (Wildman–Crippen MR) is 70.8 cm³/mol. The first-order valence-electron chi connectivity index (χ1n) is 5.28. The molecule has 0 saturated carbocycles. The molecule has 0 fully saturated rings. The zero-order valence-corrected chi connectivity index (χ0v) is 10.5. The van der Waals surface area contributed by atoms with E-state index >= 15 is 0 Å². The molecule has 1 aromatic carbocycles. The quantitative estimate of drug-likeness (QED) is 0.825. The second-order valence-electron chi connectivity index (χ2n) is 3.91. The molecule has 1 amide bonds. The van der Waals surface area contributed by atoms with Gasteiger partial charge in [0.2, 0.25) is 5.91 Å². The van der Waals surface area contributed by atoms with Crippen molar-refractivity contribution in [3.63, 3.8) is 0 Å². The lowest BCUT2D eigenvalue weighted by Crippen LogP contribution is -2.20. The third kappa shape index (κ3) is 5.19. The number of nitrogens with two attached hydrogens (primary N) is 1. The summed E-state index contributed by atoms with van der Waals surface area (Å²) in [5.41, 5.74) is 7.62. The van der Waals surface area contributed by atoms with Crippen LogP contribution in [0, 0.1) is 6.92 Å². The lowest BCUT2D eigenvalue weighted by atomic mass is 10.2. The molecule has 0 aliphatic carbocycles. The summed E-state index contributed by atoms with van der Waals surface area (Å²) in [5.74, 6) is 1.28. The Hall–Kier alpha value is -1.00. The van der Waals surface area contributed by atoms with Gasteiger partial charge < -0.3 is 11.1 Å². The maximum atomic E-state index is 11.5. The first-order valence-corrected chi connectivity index (χ1v) is 6.43. The van der Waals surface area contributed by atoms with Gasteiger partial charge in [0.15, 0.2) is 0 Å². The van der Waals surface area contributed by atoms with Crippen molar-refractivity contribution in [3.8, 4) is 0 Å². The molecule has 0 saturated heterocycles. The molecule has 88 valence electrons. The Labute approximate surface area is 101 Å². The summed E-state index contributed by atoms with van der Waals surface area (Å²) in [5, 5.41) is 2.84. The maximum Gasteiger partial charge on any atom is 0.234 e. The monoisotopic (exact) mass is 238 g/mol. The summed E-state index contributed by atoms with van der Waals surface area (Å²) in [6.45, 7) is 3.95. The van der Waals surface area contributed by atoms with Gasteiger partial charge in [0.25, 0.3) is 0 Å². The van der Waals surface area contributed by atoms with E-state index in [1.807, 2.05) is 38.1 Å². The van der Waals surface area contributed by atoms with Crippen LogP contribution in [0.4, 0.5) is 5.69 Å². The van der Waals surface area contributed by atoms with Crippen LogP contribution in [-0.2, 0) is 4.79 Å². The van der Waals surface area contributed by atoms with E-state index in [0.717, 1.165) is 11.4 Å². The first kappa shape index (κ1) is 13.1. The number of thioether (sulfide) groups is 1. The Balaban J connectivity index is 2.31. The SMILES string of the molecule is Cc1ccc(NC(=O)CSCC(C)N)cc1. The van der Waals surface area contributed by atoms with Crippen LogP contribution in [0.3, 0.4) is 0 Å². The number of carbonyl (C=O) groups is 1. The molecule has 0 radical (unpaired) electrons. The van der Waals surface area contributed by atoms with E-state index in [1.54, 1.807) is 11.8 Å². The summed E-state index contributed by atoms with van der Waals surface area (Å²) in [6.07, 6.45) is 0. The molecule has 1 aromatic rings. The normalized spacial score (nSPS) is 12.2. The van der Waals surface area contributed by atoms with Crippen LogP contribution < -0.4 is 11.1 Å². The lowest BCUT2D eigenvalue weighted by Gasteiger charge is -2.06. The van der Waals surface area contributed by atoms with Crippen LogP contribution >= 0.6 is 11.8 Å². The van der Waals surface area contributed by atoms with Crippen molar-refractivity contribution < 1.29 is 4.79 Å². The Kier molecular flexibility index (Phi) is 5.35. The van der Waals surface area contributed by atoms with Crippen molar-refractivity contribution in [2.24, 2.45) is 5.73 Å². The van der Waals surface area contributed by atoms with E-state index in [-0.39, 0.29) is 11.9 Å². The van der Waals surface area contributed by atoms with Gasteiger partial charge in [-0.05, 0) is 26.0 Å². The van der Waals surface area contributed by atoms with Crippen LogP contribution in [0.5, 0.6) is 0 Å². The van der Waals surface area contributed by atoms with E-state index in [2.05, 4.69) is 5.32 Å². The highest BCUT2D eigenvalue weighted by Gasteiger charge is 2.03. The number of rotatable bonds is 5. The minimum Gasteiger partial charge on any atom is -0.327 e. The molecule has 16 heavy (non-hydrogen) atoms. The van der Waals surface area contributed by atoms with E-state index in [0.29, 0.717) is 5.75 Å². The molecule has 0 spiro atoms. The number of hydrogen-bond acceptors (Lipinski definition) is 3. The molecule has 0 aromatic heterocycles. The Morgan fingerprint density at radius 3 is 2.62 bits per heavy atom. The number of hydrogen-bond donors (Lipinski definition) is 2. The maximum absolute atomic E-state index is 11.5. The summed E-state index contributed by atoms with van der Waals surface area (Å²) in [7, 11) is 0. The highest BCUT2D eigenvalue weighted by molar-refractivity contribution is 8.00. The fourth-order valence-corrected chi connectivity index (χ4v) is 1.92. The molecule has 3 N–H and O–H groups in total. The molecule has 4 heteroatoms. The number of nitrogens with one attached hydrogen (secondary N) is 1. The zero-order chi connectivity index (χ0) is 12.0. The summed E-state index contributed by atoms with van der Waals surface area (Å²) in [6, 6.07) is 7.90. The fourth-order valence-electron chi connectivity index (χ4n) is 1.17. The van der Waals surface area contributed by atoms with E-state index in [4.69, 9.17) is 5.73 Å². The largest absolute Gasteiger partial charge is 0.327 e. The van der Waals surface area contributed by atoms with Crippen molar-refractivity contribution >= 4 is 23.4 Å². The van der Waals surface area contributed by atoms with Crippen molar-refractivity contribution in [2.45, 2.75) is 19.9 Å². The van der Waals surface area contributed by atoms with Crippen LogP contribution in [0.2, 0.25) is 0 Å². The van der Waals surface area contributed by atoms with Gasteiger partial charge in [0.1, 0.15) is 0 Å². The fraction of sp³-hybridized carbons (Fsp3) is 0.417. The number of benzene rings is 1. The van der Waals surface area contributed by atoms with Crippen molar-refractivity contribution in [1.82, 2.24) is 0 Å². The summed E-state index contributed by atoms with van der Waals surface area (Å²) < 4.78 is 0. The minimum absolute atomic E-state index is 0.0227. The highest BCUT2D eigenvalue weighted by atomic mass is 32.2. The van der Waals surface area contributed by atoms with Gasteiger partial charge in [-0.25, -0.2) is 0 Å². The van der Waals surface area contributed by atoms with Gasteiger partial charge in [-0.3, -0.25) is 4.79 Å². The molecule has 1 unspecified atom stereocenters. The lowest BCUT2D eigenvalue weighted by molar-refractivity contribution is -0.113. The Bertz CT molecular complexity index is 335. The summed E-state index contributed by atoms with van der Waals surface area (Å²) >= 11 is 1.55. The highest BCUT2D eigenvalue weighted by Crippen LogP contribution is 2.09. The van der Waals surface area contributed by atoms with Gasteiger partial charge in [-0.15, -0.1) is 0 Å². The second kappa shape index (κ2) is 6.55. The predicted octanol–water partition coefficient (Wildman–Crippen LogP) is 2.01. The molecule has 3 nitrogen and oxygen atoms in total. The van der Waals surface area contributed by atoms with Gasteiger partial charge in [0.05, 0.1) is 5.75 Å².